The van der Waals surface area contributed by atoms with Crippen molar-refractivity contribution in [2.75, 3.05) is 26.2 Å². The van der Waals surface area contributed by atoms with Gasteiger partial charge < -0.3 is 10.2 Å². The minimum Gasteiger partial charge on any atom is -0.335 e. The van der Waals surface area contributed by atoms with Gasteiger partial charge in [0.15, 0.2) is 5.01 Å². The lowest BCUT2D eigenvalue weighted by Gasteiger charge is -2.43. The van der Waals surface area contributed by atoms with Crippen LogP contribution < -0.4 is 10.6 Å². The molecule has 11 heteroatoms. The summed E-state index contributed by atoms with van der Waals surface area (Å²) in [5.41, 5.74) is -0.274. The molecule has 4 aromatic rings. The average molecular weight is 557 g/mol. The van der Waals surface area contributed by atoms with Gasteiger partial charge in [0.25, 0.3) is 5.91 Å². The summed E-state index contributed by atoms with van der Waals surface area (Å²) in [4.78, 5) is 32.9. The number of nitrogens with one attached hydrogen (secondary N) is 2. The summed E-state index contributed by atoms with van der Waals surface area (Å²) in [6.45, 7) is 2.26. The Hall–Kier alpha value is -3.12. The zero-order valence-corrected chi connectivity index (χ0v) is 21.7. The number of likely N-dealkylation sites (tertiary alicyclic amines) is 1. The normalized spacial score (nSPS) is 20.1. The summed E-state index contributed by atoms with van der Waals surface area (Å²) in [6.07, 6.45) is -2.11. The number of hydrogen-bond acceptors (Lipinski definition) is 7. The van der Waals surface area contributed by atoms with Crippen LogP contribution in [0.3, 0.4) is 0 Å². The maximum Gasteiger partial charge on any atom is 0.416 e. The van der Waals surface area contributed by atoms with Crippen molar-refractivity contribution >= 4 is 44.5 Å². The number of nitrogens with zero attached hydrogens (tertiary/aromatic N) is 2. The van der Waals surface area contributed by atoms with Crippen molar-refractivity contribution in [1.82, 2.24) is 20.5 Å². The molecule has 6 rings (SSSR count). The Morgan fingerprint density at radius 1 is 1.11 bits per heavy atom. The Morgan fingerprint density at radius 2 is 1.92 bits per heavy atom. The topological polar surface area (TPSA) is 74.3 Å². The van der Waals surface area contributed by atoms with Gasteiger partial charge in [-0.15, -0.1) is 22.7 Å². The van der Waals surface area contributed by atoms with Gasteiger partial charge in [-0.05, 0) is 59.8 Å². The van der Waals surface area contributed by atoms with Crippen molar-refractivity contribution in [3.8, 4) is 11.1 Å². The first-order valence-electron chi connectivity index (χ1n) is 12.2. The monoisotopic (exact) mass is 556 g/mol. The molecule has 0 aliphatic carbocycles. The standard InChI is InChI=1S/C27H23F3N4O2S2/c28-27(29,30)19-3-1-2-16(11-19)17-4-5-21-18(10-17)12-22(38-21)25(36)34-13-20(14-34)33-26(6-7-31-15-26)23(35)24-32-8-9-37-24/h1-5,8-12,20,31,33H,6-7,13-15H2/t26-/m0/s1. The van der Waals surface area contributed by atoms with E-state index in [-0.39, 0.29) is 17.7 Å². The highest BCUT2D eigenvalue weighted by atomic mass is 32.1. The van der Waals surface area contributed by atoms with Crippen molar-refractivity contribution < 1.29 is 22.8 Å². The lowest BCUT2D eigenvalue weighted by atomic mass is 9.90. The van der Waals surface area contributed by atoms with Crippen LogP contribution in [-0.4, -0.2) is 59.3 Å². The number of halogens is 3. The molecule has 2 N–H and O–H groups in total. The van der Waals surface area contributed by atoms with Gasteiger partial charge in [-0.3, -0.25) is 14.9 Å². The molecule has 4 heterocycles. The first-order valence-corrected chi connectivity index (χ1v) is 13.8. The molecular weight excluding hydrogens is 533 g/mol. The number of amides is 1. The number of ketones is 1. The lowest BCUT2D eigenvalue weighted by Crippen LogP contribution is -2.67. The van der Waals surface area contributed by atoms with E-state index in [9.17, 15) is 22.8 Å². The third-order valence-corrected chi connectivity index (χ3v) is 8.99. The van der Waals surface area contributed by atoms with Crippen molar-refractivity contribution in [2.45, 2.75) is 24.2 Å². The molecule has 0 spiro atoms. The van der Waals surface area contributed by atoms with Crippen LogP contribution in [0, 0.1) is 0 Å². The molecule has 2 aromatic heterocycles. The van der Waals surface area contributed by atoms with E-state index in [1.165, 1.54) is 28.7 Å². The molecule has 38 heavy (non-hydrogen) atoms. The number of thiazole rings is 1. The van der Waals surface area contributed by atoms with Crippen LogP contribution in [0.25, 0.3) is 21.2 Å². The number of alkyl halides is 3. The minimum atomic E-state index is -4.41. The Labute approximate surface area is 224 Å². The van der Waals surface area contributed by atoms with E-state index in [1.54, 1.807) is 34.7 Å². The molecule has 1 amide bonds. The second-order valence-corrected chi connectivity index (χ2v) is 11.6. The molecule has 2 aliphatic heterocycles. The lowest BCUT2D eigenvalue weighted by molar-refractivity contribution is -0.137. The minimum absolute atomic E-state index is 0.00431. The van der Waals surface area contributed by atoms with Gasteiger partial charge in [0.2, 0.25) is 5.78 Å². The fraction of sp³-hybridized carbons (Fsp3) is 0.296. The van der Waals surface area contributed by atoms with E-state index in [1.807, 2.05) is 12.1 Å². The molecule has 1 atom stereocenters. The highest BCUT2D eigenvalue weighted by Gasteiger charge is 2.46. The average Bonchev–Trinajstić information content (AvgIpc) is 3.65. The second-order valence-electron chi connectivity index (χ2n) is 9.67. The molecule has 2 aliphatic rings. The molecule has 0 saturated carbocycles. The quantitative estimate of drug-likeness (QED) is 0.325. The highest BCUT2D eigenvalue weighted by molar-refractivity contribution is 7.20. The van der Waals surface area contributed by atoms with E-state index < -0.39 is 17.3 Å². The van der Waals surface area contributed by atoms with Crippen LogP contribution in [0.5, 0.6) is 0 Å². The maximum atomic E-state index is 13.2. The molecule has 2 saturated heterocycles. The van der Waals surface area contributed by atoms with Gasteiger partial charge in [-0.1, -0.05) is 18.2 Å². The summed E-state index contributed by atoms with van der Waals surface area (Å²) >= 11 is 2.70. The van der Waals surface area contributed by atoms with Crippen molar-refractivity contribution in [1.29, 1.82) is 0 Å². The summed E-state index contributed by atoms with van der Waals surface area (Å²) in [7, 11) is 0. The number of fused-ring (bicyclic) bond motifs is 1. The SMILES string of the molecule is O=C(c1cc2cc(-c3cccc(C(F)(F)F)c3)ccc2s1)N1CC(N[C@@]2(C(=O)c3nccs3)CCNC2)C1. The number of thiophene rings is 1. The third-order valence-electron chi connectivity index (χ3n) is 7.12. The molecule has 0 bridgehead atoms. The van der Waals surface area contributed by atoms with E-state index >= 15 is 0 Å². The smallest absolute Gasteiger partial charge is 0.335 e. The number of carbonyl (C=O) groups is 2. The Morgan fingerprint density at radius 3 is 2.63 bits per heavy atom. The molecule has 6 nitrogen and oxygen atoms in total. The van der Waals surface area contributed by atoms with Gasteiger partial charge in [-0.2, -0.15) is 13.2 Å². The first-order chi connectivity index (χ1) is 18.2. The van der Waals surface area contributed by atoms with E-state index in [0.29, 0.717) is 47.1 Å². The van der Waals surface area contributed by atoms with Crippen molar-refractivity contribution in [3.63, 3.8) is 0 Å². The van der Waals surface area contributed by atoms with Gasteiger partial charge in [0, 0.05) is 42.0 Å². The van der Waals surface area contributed by atoms with Crippen LogP contribution in [-0.2, 0) is 6.18 Å². The second kappa shape index (κ2) is 9.57. The Kier molecular flexibility index (Phi) is 6.34. The van der Waals surface area contributed by atoms with Crippen LogP contribution >= 0.6 is 22.7 Å². The highest BCUT2D eigenvalue weighted by Crippen LogP contribution is 2.35. The molecule has 0 unspecified atom stereocenters. The largest absolute Gasteiger partial charge is 0.416 e. The van der Waals surface area contributed by atoms with Crippen LogP contribution in [0.15, 0.2) is 60.1 Å². The van der Waals surface area contributed by atoms with Gasteiger partial charge >= 0.3 is 6.18 Å². The van der Waals surface area contributed by atoms with E-state index in [2.05, 4.69) is 15.6 Å². The number of rotatable bonds is 6. The molecule has 2 fully saturated rings. The van der Waals surface area contributed by atoms with Crippen molar-refractivity contribution in [2.24, 2.45) is 0 Å². The fourth-order valence-corrected chi connectivity index (χ4v) is 6.79. The first kappa shape index (κ1) is 25.2. The van der Waals surface area contributed by atoms with E-state index in [4.69, 9.17) is 0 Å². The zero-order chi connectivity index (χ0) is 26.5. The van der Waals surface area contributed by atoms with Crippen molar-refractivity contribution in [3.05, 3.63) is 75.6 Å². The summed E-state index contributed by atoms with van der Waals surface area (Å²) < 4.78 is 40.3. The third kappa shape index (κ3) is 4.64. The van der Waals surface area contributed by atoms with Crippen LogP contribution in [0.2, 0.25) is 0 Å². The Balaban J connectivity index is 1.14. The predicted octanol–water partition coefficient (Wildman–Crippen LogP) is 5.07. The number of hydrogen-bond donors (Lipinski definition) is 2. The van der Waals surface area contributed by atoms with E-state index in [0.717, 1.165) is 28.8 Å². The van der Waals surface area contributed by atoms with Gasteiger partial charge in [0.05, 0.1) is 16.0 Å². The Bertz CT molecular complexity index is 1500. The summed E-state index contributed by atoms with van der Waals surface area (Å²) in [6, 6.07) is 12.5. The van der Waals surface area contributed by atoms with Gasteiger partial charge in [0.1, 0.15) is 0 Å². The predicted molar refractivity (Wildman–Crippen MR) is 142 cm³/mol. The number of benzene rings is 2. The number of Topliss-reactive ketones (excluding diaryl/α,β-unsaturated/α-hetero) is 1. The van der Waals surface area contributed by atoms with Gasteiger partial charge in [-0.25, -0.2) is 4.98 Å². The summed E-state index contributed by atoms with van der Waals surface area (Å²) in [5, 5.41) is 9.87. The zero-order valence-electron chi connectivity index (χ0n) is 20.0. The van der Waals surface area contributed by atoms with Crippen LogP contribution in [0.1, 0.15) is 31.5 Å². The number of carbonyl (C=O) groups excluding carboxylic acids is 2. The van der Waals surface area contributed by atoms with Crippen LogP contribution in [0.4, 0.5) is 13.2 Å². The number of aromatic nitrogens is 1. The maximum absolute atomic E-state index is 13.2. The molecule has 2 aromatic carbocycles. The molecule has 196 valence electrons. The molecular formula is C27H23F3N4O2S2. The summed E-state index contributed by atoms with van der Waals surface area (Å²) in [5.74, 6) is -0.0990. The molecule has 0 radical (unpaired) electrons. The fourth-order valence-electron chi connectivity index (χ4n) is 5.10.